The summed E-state index contributed by atoms with van der Waals surface area (Å²) in [6.07, 6.45) is 0.979. The summed E-state index contributed by atoms with van der Waals surface area (Å²) in [6.45, 7) is 3.46. The highest BCUT2D eigenvalue weighted by molar-refractivity contribution is 9.10. The van der Waals surface area contributed by atoms with Crippen molar-refractivity contribution in [3.05, 3.63) is 81.8 Å². The first-order chi connectivity index (χ1) is 16.5. The molecule has 3 aromatic rings. The maximum atomic E-state index is 7.12. The molecule has 2 aliphatic rings. The van der Waals surface area contributed by atoms with Crippen molar-refractivity contribution in [2.45, 2.75) is 30.8 Å². The van der Waals surface area contributed by atoms with Crippen LogP contribution in [0.1, 0.15) is 41.9 Å². The van der Waals surface area contributed by atoms with Crippen LogP contribution in [0.25, 0.3) is 0 Å². The van der Waals surface area contributed by atoms with E-state index >= 15 is 0 Å². The average molecular weight is 523 g/mol. The van der Waals surface area contributed by atoms with Gasteiger partial charge in [-0.1, -0.05) is 58.4 Å². The van der Waals surface area contributed by atoms with Gasteiger partial charge in [-0.05, 0) is 56.6 Å². The second kappa shape index (κ2) is 9.23. The Kier molecular flexibility index (Phi) is 6.30. The molecule has 0 radical (unpaired) electrons. The van der Waals surface area contributed by atoms with E-state index in [9.17, 15) is 0 Å². The largest absolute Gasteiger partial charge is 0.481 e. The lowest BCUT2D eigenvalue weighted by Crippen LogP contribution is -2.39. The zero-order valence-electron chi connectivity index (χ0n) is 20.1. The van der Waals surface area contributed by atoms with Crippen molar-refractivity contribution in [3.8, 4) is 17.5 Å². The number of aromatic nitrogens is 1. The number of hydrogen-bond donors (Lipinski definition) is 0. The molecule has 5 nitrogen and oxygen atoms in total. The number of nitrogens with zero attached hydrogens (tertiary/aromatic N) is 2. The van der Waals surface area contributed by atoms with E-state index in [0.717, 1.165) is 28.8 Å². The van der Waals surface area contributed by atoms with Crippen LogP contribution >= 0.6 is 15.9 Å². The molecular formula is C28H31BrN2O3. The van der Waals surface area contributed by atoms with Crippen LogP contribution in [-0.4, -0.2) is 44.2 Å². The van der Waals surface area contributed by atoms with Crippen LogP contribution in [0.3, 0.4) is 0 Å². The molecule has 34 heavy (non-hydrogen) atoms. The summed E-state index contributed by atoms with van der Waals surface area (Å²) in [4.78, 5) is 6.98. The van der Waals surface area contributed by atoms with Gasteiger partial charge in [0.15, 0.2) is 0 Å². The summed E-state index contributed by atoms with van der Waals surface area (Å²) in [6, 6.07) is 21.3. The third-order valence-corrected chi connectivity index (χ3v) is 7.65. The highest BCUT2D eigenvalue weighted by atomic mass is 79.9. The quantitative estimate of drug-likeness (QED) is 0.381. The Balaban J connectivity index is 1.75. The van der Waals surface area contributed by atoms with Gasteiger partial charge in [0.05, 0.1) is 19.3 Å². The molecule has 0 bridgehead atoms. The molecule has 1 aromatic heterocycles. The lowest BCUT2D eigenvalue weighted by atomic mass is 9.73. The minimum atomic E-state index is -0.565. The van der Waals surface area contributed by atoms with Crippen molar-refractivity contribution >= 4 is 15.9 Å². The Hall–Kier alpha value is -2.57. The first kappa shape index (κ1) is 23.2. The molecule has 3 unspecified atom stereocenters. The maximum absolute atomic E-state index is 7.12. The van der Waals surface area contributed by atoms with Crippen LogP contribution in [0.15, 0.2) is 65.1 Å². The number of ether oxygens (including phenoxy) is 3. The molecule has 178 valence electrons. The van der Waals surface area contributed by atoms with Gasteiger partial charge < -0.3 is 19.1 Å². The lowest BCUT2D eigenvalue weighted by Gasteiger charge is -2.38. The standard InChI is InChI=1S/C28H31BrN2O3/c1-5-33-24-16-23-25(27(30-24)32-4)22-15-19(17-31(2)3)26(18-9-7-6-8-10-18)28(22,34-23)20-11-13-21(29)14-12-20/h6-14,16,19,22,26H,5,15,17H2,1-4H3/t19-,22?,26?,28?/m1/s1. The van der Waals surface area contributed by atoms with E-state index in [-0.39, 0.29) is 11.8 Å². The molecule has 2 heterocycles. The van der Waals surface area contributed by atoms with Crippen molar-refractivity contribution in [3.63, 3.8) is 0 Å². The third kappa shape index (κ3) is 3.77. The molecule has 1 aliphatic carbocycles. The monoisotopic (exact) mass is 522 g/mol. The smallest absolute Gasteiger partial charge is 0.223 e. The van der Waals surface area contributed by atoms with E-state index in [0.29, 0.717) is 24.3 Å². The van der Waals surface area contributed by atoms with Gasteiger partial charge in [0, 0.05) is 28.9 Å². The predicted octanol–water partition coefficient (Wildman–Crippen LogP) is 5.99. The molecule has 5 rings (SSSR count). The lowest BCUT2D eigenvalue weighted by molar-refractivity contribution is 0.0543. The van der Waals surface area contributed by atoms with Crippen molar-refractivity contribution in [2.75, 3.05) is 34.4 Å². The number of methoxy groups -OCH3 is 1. The number of fused-ring (bicyclic) bond motifs is 3. The summed E-state index contributed by atoms with van der Waals surface area (Å²) >= 11 is 3.61. The fraction of sp³-hybridized carbons (Fsp3) is 0.393. The van der Waals surface area contributed by atoms with Gasteiger partial charge in [-0.25, -0.2) is 0 Å². The highest BCUT2D eigenvalue weighted by Crippen LogP contribution is 2.68. The Morgan fingerprint density at radius 1 is 1.12 bits per heavy atom. The molecule has 1 aliphatic heterocycles. The van der Waals surface area contributed by atoms with E-state index in [4.69, 9.17) is 19.2 Å². The summed E-state index contributed by atoms with van der Waals surface area (Å²) in [5.74, 6) is 2.61. The van der Waals surface area contributed by atoms with E-state index in [1.165, 1.54) is 11.1 Å². The Labute approximate surface area is 210 Å². The van der Waals surface area contributed by atoms with E-state index in [1.54, 1.807) is 7.11 Å². The molecule has 0 N–H and O–H groups in total. The fourth-order valence-electron chi connectivity index (χ4n) is 6.08. The SMILES string of the molecule is CCOc1cc2c(c(OC)n1)C1C[C@H](CN(C)C)C(c3ccccc3)C1(c1ccc(Br)cc1)O2. The van der Waals surface area contributed by atoms with Crippen LogP contribution < -0.4 is 14.2 Å². The Morgan fingerprint density at radius 3 is 2.50 bits per heavy atom. The first-order valence-corrected chi connectivity index (χ1v) is 12.6. The zero-order valence-corrected chi connectivity index (χ0v) is 21.7. The van der Waals surface area contributed by atoms with Crippen LogP contribution in [0, 0.1) is 5.92 Å². The normalized spacial score (nSPS) is 25.1. The minimum absolute atomic E-state index is 0.108. The van der Waals surface area contributed by atoms with Crippen molar-refractivity contribution in [1.29, 1.82) is 0 Å². The van der Waals surface area contributed by atoms with E-state index in [2.05, 4.69) is 89.5 Å². The first-order valence-electron chi connectivity index (χ1n) is 11.8. The zero-order chi connectivity index (χ0) is 23.9. The Morgan fingerprint density at radius 2 is 1.85 bits per heavy atom. The number of pyridine rings is 1. The van der Waals surface area contributed by atoms with E-state index < -0.39 is 5.60 Å². The average Bonchev–Trinajstić information content (AvgIpc) is 3.30. The van der Waals surface area contributed by atoms with Gasteiger partial charge in [0.25, 0.3) is 0 Å². The second-order valence-corrected chi connectivity index (χ2v) is 10.3. The van der Waals surface area contributed by atoms with Crippen molar-refractivity contribution in [1.82, 2.24) is 9.88 Å². The summed E-state index contributed by atoms with van der Waals surface area (Å²) in [5, 5.41) is 0. The van der Waals surface area contributed by atoms with Gasteiger partial charge in [-0.15, -0.1) is 0 Å². The van der Waals surface area contributed by atoms with Gasteiger partial charge in [0.1, 0.15) is 11.4 Å². The Bertz CT molecular complexity index is 1150. The van der Waals surface area contributed by atoms with Crippen LogP contribution in [0.5, 0.6) is 17.5 Å². The maximum Gasteiger partial charge on any atom is 0.223 e. The van der Waals surface area contributed by atoms with Crippen LogP contribution in [-0.2, 0) is 5.60 Å². The molecule has 1 saturated carbocycles. The molecule has 1 fully saturated rings. The topological polar surface area (TPSA) is 43.8 Å². The summed E-state index contributed by atoms with van der Waals surface area (Å²) < 4.78 is 19.7. The fourth-order valence-corrected chi connectivity index (χ4v) is 6.34. The van der Waals surface area contributed by atoms with Gasteiger partial charge in [-0.2, -0.15) is 4.98 Å². The van der Waals surface area contributed by atoms with E-state index in [1.807, 2.05) is 13.0 Å². The van der Waals surface area contributed by atoms with Gasteiger partial charge in [-0.3, -0.25) is 0 Å². The number of halogens is 1. The molecule has 4 atom stereocenters. The molecule has 0 saturated heterocycles. The van der Waals surface area contributed by atoms with Crippen LogP contribution in [0.4, 0.5) is 0 Å². The summed E-state index contributed by atoms with van der Waals surface area (Å²) in [7, 11) is 5.97. The minimum Gasteiger partial charge on any atom is -0.481 e. The van der Waals surface area contributed by atoms with Crippen molar-refractivity contribution < 1.29 is 14.2 Å². The van der Waals surface area contributed by atoms with Crippen molar-refractivity contribution in [2.24, 2.45) is 5.92 Å². The van der Waals surface area contributed by atoms with Gasteiger partial charge in [0.2, 0.25) is 11.8 Å². The molecule has 0 spiro atoms. The molecule has 0 amide bonds. The number of rotatable bonds is 7. The number of hydrogen-bond acceptors (Lipinski definition) is 5. The third-order valence-electron chi connectivity index (χ3n) is 7.12. The molecule has 6 heteroatoms. The van der Waals surface area contributed by atoms with Gasteiger partial charge >= 0.3 is 0 Å². The number of benzene rings is 2. The highest BCUT2D eigenvalue weighted by Gasteiger charge is 2.63. The summed E-state index contributed by atoms with van der Waals surface area (Å²) in [5.41, 5.74) is 2.96. The second-order valence-electron chi connectivity index (χ2n) is 9.42. The predicted molar refractivity (Wildman–Crippen MR) is 137 cm³/mol. The molecule has 2 aromatic carbocycles. The van der Waals surface area contributed by atoms with Crippen LogP contribution in [0.2, 0.25) is 0 Å². The molecular weight excluding hydrogens is 492 g/mol.